The molecule has 0 spiro atoms. The lowest BCUT2D eigenvalue weighted by atomic mass is 9.93. The van der Waals surface area contributed by atoms with Crippen molar-refractivity contribution in [2.24, 2.45) is 0 Å². The first kappa shape index (κ1) is 16.1. The first-order valence-corrected chi connectivity index (χ1v) is 8.31. The van der Waals surface area contributed by atoms with Gasteiger partial charge in [0.05, 0.1) is 24.8 Å². The molecule has 3 rings (SSSR count). The summed E-state index contributed by atoms with van der Waals surface area (Å²) in [6.07, 6.45) is 4.58. The third kappa shape index (κ3) is 3.93. The number of carbonyl (C=O) groups excluding carboxylic acids is 1. The Hall–Kier alpha value is -1.82. The highest BCUT2D eigenvalue weighted by Gasteiger charge is 2.27. The molecular formula is C17H23FN2O3. The summed E-state index contributed by atoms with van der Waals surface area (Å²) in [6.45, 7) is 0.511. The van der Waals surface area contributed by atoms with Gasteiger partial charge in [-0.05, 0) is 31.7 Å². The Bertz CT molecular complexity index is 567. The predicted octanol–water partition coefficient (Wildman–Crippen LogP) is 2.64. The highest BCUT2D eigenvalue weighted by Crippen LogP contribution is 2.32. The van der Waals surface area contributed by atoms with Crippen LogP contribution < -0.4 is 15.4 Å². The maximum absolute atomic E-state index is 13.4. The van der Waals surface area contributed by atoms with Crippen molar-refractivity contribution in [2.75, 3.05) is 6.61 Å². The predicted molar refractivity (Wildman–Crippen MR) is 83.8 cm³/mol. The quantitative estimate of drug-likeness (QED) is 0.784. The van der Waals surface area contributed by atoms with Gasteiger partial charge in [0.2, 0.25) is 0 Å². The van der Waals surface area contributed by atoms with E-state index in [9.17, 15) is 14.3 Å². The molecule has 0 unspecified atom stereocenters. The number of hydrogen-bond acceptors (Lipinski definition) is 3. The van der Waals surface area contributed by atoms with Crippen LogP contribution in [0.1, 0.15) is 50.1 Å². The molecule has 1 aliphatic carbocycles. The fourth-order valence-electron chi connectivity index (χ4n) is 3.34. The zero-order chi connectivity index (χ0) is 16.2. The second-order valence-corrected chi connectivity index (χ2v) is 6.30. The zero-order valence-electron chi connectivity index (χ0n) is 13.1. The normalized spacial score (nSPS) is 27.3. The molecule has 1 aromatic carbocycles. The minimum absolute atomic E-state index is 0.196. The standard InChI is InChI=1S/C17H23FN2O3/c18-11-7-8-12-13(5-3-9-23-16(12)10-11)19-17(22)20-14-4-1-2-6-15(14)21/h7-8,10,13-15,21H,1-6,9H2,(H2,19,20,22)/t13-,14+,15-/m1/s1. The topological polar surface area (TPSA) is 70.6 Å². The van der Waals surface area contributed by atoms with Crippen molar-refractivity contribution < 1.29 is 19.0 Å². The molecule has 0 saturated heterocycles. The summed E-state index contributed by atoms with van der Waals surface area (Å²) in [5.74, 6) is 0.143. The molecule has 3 N–H and O–H groups in total. The molecule has 2 amide bonds. The van der Waals surface area contributed by atoms with E-state index >= 15 is 0 Å². The van der Waals surface area contributed by atoms with Gasteiger partial charge in [0.1, 0.15) is 11.6 Å². The first-order chi connectivity index (χ1) is 11.1. The van der Waals surface area contributed by atoms with Crippen LogP contribution in [0.3, 0.4) is 0 Å². The van der Waals surface area contributed by atoms with Crippen LogP contribution in [0.25, 0.3) is 0 Å². The SMILES string of the molecule is O=C(N[C@H]1CCCC[C@H]1O)N[C@@H]1CCCOc2cc(F)ccc21. The number of halogens is 1. The monoisotopic (exact) mass is 322 g/mol. The fraction of sp³-hybridized carbons (Fsp3) is 0.588. The van der Waals surface area contributed by atoms with E-state index < -0.39 is 6.10 Å². The van der Waals surface area contributed by atoms with Gasteiger partial charge in [-0.15, -0.1) is 0 Å². The van der Waals surface area contributed by atoms with Gasteiger partial charge >= 0.3 is 6.03 Å². The van der Waals surface area contributed by atoms with E-state index in [1.165, 1.54) is 12.1 Å². The Morgan fingerprint density at radius 3 is 2.83 bits per heavy atom. The molecule has 1 fully saturated rings. The number of rotatable bonds is 2. The molecule has 126 valence electrons. The summed E-state index contributed by atoms with van der Waals surface area (Å²) < 4.78 is 18.9. The number of carbonyl (C=O) groups is 1. The van der Waals surface area contributed by atoms with Gasteiger partial charge in [-0.25, -0.2) is 9.18 Å². The molecule has 0 aromatic heterocycles. The molecule has 3 atom stereocenters. The number of ether oxygens (including phenoxy) is 1. The van der Waals surface area contributed by atoms with Crippen molar-refractivity contribution in [2.45, 2.75) is 56.7 Å². The lowest BCUT2D eigenvalue weighted by molar-refractivity contribution is 0.0940. The number of urea groups is 1. The van der Waals surface area contributed by atoms with E-state index in [4.69, 9.17) is 4.74 Å². The van der Waals surface area contributed by atoms with Crippen LogP contribution in [0.2, 0.25) is 0 Å². The third-order valence-corrected chi connectivity index (χ3v) is 4.60. The van der Waals surface area contributed by atoms with Crippen LogP contribution >= 0.6 is 0 Å². The molecular weight excluding hydrogens is 299 g/mol. The van der Waals surface area contributed by atoms with E-state index in [0.717, 1.165) is 44.1 Å². The summed E-state index contributed by atoms with van der Waals surface area (Å²) in [4.78, 5) is 12.3. The number of hydrogen-bond donors (Lipinski definition) is 3. The van der Waals surface area contributed by atoms with Crippen LogP contribution in [-0.4, -0.2) is 29.9 Å². The summed E-state index contributed by atoms with van der Waals surface area (Å²) in [5, 5.41) is 15.8. The van der Waals surface area contributed by atoms with Gasteiger partial charge < -0.3 is 20.5 Å². The Balaban J connectivity index is 1.66. The van der Waals surface area contributed by atoms with E-state index in [1.54, 1.807) is 6.07 Å². The molecule has 1 aliphatic heterocycles. The summed E-state index contributed by atoms with van der Waals surface area (Å²) in [6, 6.07) is 3.70. The number of amides is 2. The van der Waals surface area contributed by atoms with Crippen LogP contribution in [0, 0.1) is 5.82 Å². The van der Waals surface area contributed by atoms with E-state index in [-0.39, 0.29) is 23.9 Å². The second-order valence-electron chi connectivity index (χ2n) is 6.30. The smallest absolute Gasteiger partial charge is 0.315 e. The molecule has 2 aliphatic rings. The fourth-order valence-corrected chi connectivity index (χ4v) is 3.34. The molecule has 1 heterocycles. The van der Waals surface area contributed by atoms with Gasteiger partial charge in [-0.3, -0.25) is 0 Å². The Labute approximate surface area is 135 Å². The van der Waals surface area contributed by atoms with Crippen molar-refractivity contribution in [3.8, 4) is 5.75 Å². The Morgan fingerprint density at radius 2 is 2.00 bits per heavy atom. The van der Waals surface area contributed by atoms with Gasteiger partial charge in [0, 0.05) is 11.6 Å². The van der Waals surface area contributed by atoms with Crippen LogP contribution in [0.15, 0.2) is 18.2 Å². The largest absolute Gasteiger partial charge is 0.493 e. The molecule has 0 radical (unpaired) electrons. The number of aliphatic hydroxyl groups excluding tert-OH is 1. The molecule has 5 nitrogen and oxygen atoms in total. The van der Waals surface area contributed by atoms with Crippen LogP contribution in [0.4, 0.5) is 9.18 Å². The summed E-state index contributed by atoms with van der Waals surface area (Å²) >= 11 is 0. The van der Waals surface area contributed by atoms with Crippen molar-refractivity contribution in [3.63, 3.8) is 0 Å². The molecule has 1 aromatic rings. The number of aliphatic hydroxyl groups is 1. The van der Waals surface area contributed by atoms with Crippen molar-refractivity contribution >= 4 is 6.03 Å². The van der Waals surface area contributed by atoms with Crippen LogP contribution in [-0.2, 0) is 0 Å². The van der Waals surface area contributed by atoms with Gasteiger partial charge in [0.25, 0.3) is 0 Å². The Kier molecular flexibility index (Phi) is 5.00. The summed E-state index contributed by atoms with van der Waals surface area (Å²) in [5.41, 5.74) is 0.795. The molecule has 23 heavy (non-hydrogen) atoms. The molecule has 1 saturated carbocycles. The summed E-state index contributed by atoms with van der Waals surface area (Å²) in [7, 11) is 0. The van der Waals surface area contributed by atoms with E-state index in [0.29, 0.717) is 12.4 Å². The number of benzene rings is 1. The van der Waals surface area contributed by atoms with Gasteiger partial charge in [-0.2, -0.15) is 0 Å². The average molecular weight is 322 g/mol. The lowest BCUT2D eigenvalue weighted by Crippen LogP contribution is -2.49. The third-order valence-electron chi connectivity index (χ3n) is 4.60. The Morgan fingerprint density at radius 1 is 1.17 bits per heavy atom. The zero-order valence-corrected chi connectivity index (χ0v) is 13.1. The van der Waals surface area contributed by atoms with Crippen LogP contribution in [0.5, 0.6) is 5.75 Å². The highest BCUT2D eigenvalue weighted by molar-refractivity contribution is 5.75. The molecule has 0 bridgehead atoms. The maximum Gasteiger partial charge on any atom is 0.315 e. The van der Waals surface area contributed by atoms with E-state index in [1.807, 2.05) is 0 Å². The number of fused-ring (bicyclic) bond motifs is 1. The van der Waals surface area contributed by atoms with Crippen molar-refractivity contribution in [1.82, 2.24) is 10.6 Å². The van der Waals surface area contributed by atoms with Gasteiger partial charge in [-0.1, -0.05) is 18.9 Å². The molecule has 6 heteroatoms. The minimum Gasteiger partial charge on any atom is -0.493 e. The lowest BCUT2D eigenvalue weighted by Gasteiger charge is -2.29. The van der Waals surface area contributed by atoms with E-state index in [2.05, 4.69) is 10.6 Å². The van der Waals surface area contributed by atoms with Crippen molar-refractivity contribution in [3.05, 3.63) is 29.6 Å². The van der Waals surface area contributed by atoms with Gasteiger partial charge in [0.15, 0.2) is 0 Å². The first-order valence-electron chi connectivity index (χ1n) is 8.31. The highest BCUT2D eigenvalue weighted by atomic mass is 19.1. The maximum atomic E-state index is 13.4. The average Bonchev–Trinajstić information content (AvgIpc) is 2.71. The van der Waals surface area contributed by atoms with Crippen molar-refractivity contribution in [1.29, 1.82) is 0 Å². The number of nitrogens with one attached hydrogen (secondary N) is 2. The minimum atomic E-state index is -0.478. The second kappa shape index (κ2) is 7.17.